The quantitative estimate of drug-likeness (QED) is 0.501. The van der Waals surface area contributed by atoms with Crippen molar-refractivity contribution in [3.8, 4) is 5.75 Å². The Bertz CT molecular complexity index is 672. The van der Waals surface area contributed by atoms with E-state index >= 15 is 0 Å². The molecule has 6 nitrogen and oxygen atoms in total. The van der Waals surface area contributed by atoms with E-state index in [2.05, 4.69) is 20.2 Å². The van der Waals surface area contributed by atoms with Gasteiger partial charge < -0.3 is 9.84 Å². The van der Waals surface area contributed by atoms with Crippen molar-refractivity contribution in [1.29, 1.82) is 0 Å². The van der Waals surface area contributed by atoms with Gasteiger partial charge in [0.25, 0.3) is 0 Å². The third kappa shape index (κ3) is 4.44. The second kappa shape index (κ2) is 7.05. The van der Waals surface area contributed by atoms with Crippen molar-refractivity contribution >= 4 is 40.3 Å². The number of nitrogens with zero attached hydrogens (tertiary/aromatic N) is 2. The topological polar surface area (TPSA) is 83.8 Å². The number of ether oxygens (including phenoxy) is 1. The average molecular weight is 326 g/mol. The van der Waals surface area contributed by atoms with E-state index in [1.807, 2.05) is 0 Å². The summed E-state index contributed by atoms with van der Waals surface area (Å²) >= 11 is 7.12. The zero-order valence-electron chi connectivity index (χ0n) is 11.0. The highest BCUT2D eigenvalue weighted by molar-refractivity contribution is 7.13. The van der Waals surface area contributed by atoms with Gasteiger partial charge in [-0.3, -0.25) is 10.2 Å². The SMILES string of the molecule is COC(=O)Cc1csc(N/N=C\c2ccc(O)c(Cl)c2)n1. The van der Waals surface area contributed by atoms with E-state index in [9.17, 15) is 9.90 Å². The standard InChI is InChI=1S/C13H12ClN3O3S/c1-20-12(19)5-9-7-21-13(16-9)17-15-6-8-2-3-11(18)10(14)4-8/h2-4,6-7,18H,5H2,1H3,(H,16,17)/b15-6-. The molecule has 0 bridgehead atoms. The third-order valence-electron chi connectivity index (χ3n) is 2.45. The zero-order chi connectivity index (χ0) is 15.2. The molecule has 0 radical (unpaired) electrons. The number of nitrogens with one attached hydrogen (secondary N) is 1. The Labute approximate surface area is 130 Å². The fraction of sp³-hybridized carbons (Fsp3) is 0.154. The summed E-state index contributed by atoms with van der Waals surface area (Å²) in [4.78, 5) is 15.3. The average Bonchev–Trinajstić information content (AvgIpc) is 2.90. The molecule has 0 aliphatic rings. The summed E-state index contributed by atoms with van der Waals surface area (Å²) in [5.74, 6) is -0.316. The molecule has 1 aromatic carbocycles. The van der Waals surface area contributed by atoms with Crippen LogP contribution < -0.4 is 5.43 Å². The molecule has 8 heteroatoms. The van der Waals surface area contributed by atoms with Gasteiger partial charge in [-0.15, -0.1) is 11.3 Å². The van der Waals surface area contributed by atoms with Crippen LogP contribution in [-0.2, 0) is 16.0 Å². The first-order chi connectivity index (χ1) is 10.1. The number of aromatic nitrogens is 1. The molecule has 0 saturated carbocycles. The molecule has 0 unspecified atom stereocenters. The Balaban J connectivity index is 1.94. The van der Waals surface area contributed by atoms with Gasteiger partial charge in [-0.05, 0) is 23.8 Å². The van der Waals surface area contributed by atoms with Crippen LogP contribution in [0, 0.1) is 0 Å². The number of thiazole rings is 1. The first-order valence-electron chi connectivity index (χ1n) is 5.87. The minimum absolute atomic E-state index is 0.0224. The summed E-state index contributed by atoms with van der Waals surface area (Å²) in [7, 11) is 1.33. The van der Waals surface area contributed by atoms with Crippen molar-refractivity contribution in [3.63, 3.8) is 0 Å². The summed E-state index contributed by atoms with van der Waals surface area (Å²) in [5, 5.41) is 15.9. The van der Waals surface area contributed by atoms with Crippen LogP contribution in [0.25, 0.3) is 0 Å². The number of methoxy groups -OCH3 is 1. The Morgan fingerprint density at radius 3 is 3.14 bits per heavy atom. The molecule has 0 fully saturated rings. The molecular weight excluding hydrogens is 314 g/mol. The van der Waals surface area contributed by atoms with Gasteiger partial charge in [-0.25, -0.2) is 4.98 Å². The lowest BCUT2D eigenvalue weighted by Crippen LogP contribution is -2.04. The highest BCUT2D eigenvalue weighted by Gasteiger charge is 2.06. The molecule has 2 N–H and O–H groups in total. The molecule has 2 rings (SSSR count). The van der Waals surface area contributed by atoms with Crippen LogP contribution in [0.4, 0.5) is 5.13 Å². The summed E-state index contributed by atoms with van der Waals surface area (Å²) in [5.41, 5.74) is 4.11. The van der Waals surface area contributed by atoms with E-state index < -0.39 is 0 Å². The maximum Gasteiger partial charge on any atom is 0.311 e. The Hall–Kier alpha value is -2.12. The predicted octanol–water partition coefficient (Wildman–Crippen LogP) is 2.66. The van der Waals surface area contributed by atoms with Crippen molar-refractivity contribution in [3.05, 3.63) is 39.9 Å². The molecule has 21 heavy (non-hydrogen) atoms. The van der Waals surface area contributed by atoms with Crippen LogP contribution in [-0.4, -0.2) is 29.4 Å². The van der Waals surface area contributed by atoms with E-state index in [1.165, 1.54) is 24.5 Å². The number of esters is 1. The monoisotopic (exact) mass is 325 g/mol. The van der Waals surface area contributed by atoms with Gasteiger partial charge in [0, 0.05) is 5.38 Å². The number of hydrogen-bond donors (Lipinski definition) is 2. The van der Waals surface area contributed by atoms with Gasteiger partial charge >= 0.3 is 5.97 Å². The molecule has 0 spiro atoms. The maximum atomic E-state index is 11.1. The van der Waals surface area contributed by atoms with Crippen molar-refractivity contribution in [1.82, 2.24) is 4.98 Å². The number of hydrogen-bond acceptors (Lipinski definition) is 7. The lowest BCUT2D eigenvalue weighted by atomic mass is 10.2. The maximum absolute atomic E-state index is 11.1. The molecular formula is C13H12ClN3O3S. The lowest BCUT2D eigenvalue weighted by Gasteiger charge is -1.98. The van der Waals surface area contributed by atoms with E-state index in [4.69, 9.17) is 11.6 Å². The molecule has 1 aromatic heterocycles. The number of rotatable bonds is 5. The molecule has 110 valence electrons. The predicted molar refractivity (Wildman–Crippen MR) is 82.2 cm³/mol. The van der Waals surface area contributed by atoms with Crippen LogP contribution in [0.2, 0.25) is 5.02 Å². The van der Waals surface area contributed by atoms with E-state index in [-0.39, 0.29) is 23.2 Å². The van der Waals surface area contributed by atoms with Crippen LogP contribution in [0.3, 0.4) is 0 Å². The number of benzene rings is 1. The largest absolute Gasteiger partial charge is 0.506 e. The molecule has 0 atom stereocenters. The second-order valence-electron chi connectivity index (χ2n) is 3.98. The van der Waals surface area contributed by atoms with Crippen molar-refractivity contribution < 1.29 is 14.6 Å². The van der Waals surface area contributed by atoms with Gasteiger partial charge in [0.15, 0.2) is 0 Å². The molecule has 0 saturated heterocycles. The van der Waals surface area contributed by atoms with Crippen LogP contribution in [0.15, 0.2) is 28.7 Å². The minimum atomic E-state index is -0.339. The summed E-state index contributed by atoms with van der Waals surface area (Å²) < 4.78 is 4.57. The second-order valence-corrected chi connectivity index (χ2v) is 5.24. The molecule has 1 heterocycles. The van der Waals surface area contributed by atoms with E-state index in [0.29, 0.717) is 10.8 Å². The van der Waals surface area contributed by atoms with Gasteiger partial charge in [0.1, 0.15) is 5.75 Å². The third-order valence-corrected chi connectivity index (χ3v) is 3.55. The summed E-state index contributed by atoms with van der Waals surface area (Å²) in [6, 6.07) is 4.76. The van der Waals surface area contributed by atoms with Crippen LogP contribution in [0.1, 0.15) is 11.3 Å². The molecule has 0 aliphatic carbocycles. The zero-order valence-corrected chi connectivity index (χ0v) is 12.6. The number of carbonyl (C=O) groups is 1. The molecule has 0 aliphatic heterocycles. The van der Waals surface area contributed by atoms with Gasteiger partial charge in [0.05, 0.1) is 30.5 Å². The number of hydrazone groups is 1. The Morgan fingerprint density at radius 2 is 2.43 bits per heavy atom. The smallest absolute Gasteiger partial charge is 0.311 e. The number of halogens is 1. The normalized spacial score (nSPS) is 10.8. The number of phenols is 1. The van der Waals surface area contributed by atoms with Crippen LogP contribution >= 0.6 is 22.9 Å². The number of carbonyl (C=O) groups excluding carboxylic acids is 1. The van der Waals surface area contributed by atoms with Crippen molar-refractivity contribution in [2.45, 2.75) is 6.42 Å². The number of aromatic hydroxyl groups is 1. The van der Waals surface area contributed by atoms with Crippen molar-refractivity contribution in [2.75, 3.05) is 12.5 Å². The fourth-order valence-corrected chi connectivity index (χ4v) is 2.27. The molecule has 2 aromatic rings. The molecule has 0 amide bonds. The van der Waals surface area contributed by atoms with Gasteiger partial charge in [0.2, 0.25) is 5.13 Å². The fourth-order valence-electron chi connectivity index (χ4n) is 1.43. The highest BCUT2D eigenvalue weighted by atomic mass is 35.5. The lowest BCUT2D eigenvalue weighted by molar-refractivity contribution is -0.139. The van der Waals surface area contributed by atoms with E-state index in [0.717, 1.165) is 5.56 Å². The van der Waals surface area contributed by atoms with Crippen molar-refractivity contribution in [2.24, 2.45) is 5.10 Å². The Kier molecular flexibility index (Phi) is 5.13. The first kappa shape index (κ1) is 15.3. The number of phenolic OH excluding ortho intramolecular Hbond substituents is 1. The highest BCUT2D eigenvalue weighted by Crippen LogP contribution is 2.23. The van der Waals surface area contributed by atoms with Gasteiger partial charge in [-0.2, -0.15) is 5.10 Å². The van der Waals surface area contributed by atoms with Crippen LogP contribution in [0.5, 0.6) is 5.75 Å². The summed E-state index contributed by atoms with van der Waals surface area (Å²) in [6.07, 6.45) is 1.68. The minimum Gasteiger partial charge on any atom is -0.506 e. The number of anilines is 1. The Morgan fingerprint density at radius 1 is 1.62 bits per heavy atom. The summed E-state index contributed by atoms with van der Waals surface area (Å²) in [6.45, 7) is 0. The van der Waals surface area contributed by atoms with Gasteiger partial charge in [-0.1, -0.05) is 11.6 Å². The van der Waals surface area contributed by atoms with E-state index in [1.54, 1.807) is 23.7 Å². The first-order valence-corrected chi connectivity index (χ1v) is 7.13.